The third-order valence-corrected chi connectivity index (χ3v) is 5.02. The van der Waals surface area contributed by atoms with Gasteiger partial charge in [0.2, 0.25) is 0 Å². The Labute approximate surface area is 164 Å². The van der Waals surface area contributed by atoms with Crippen LogP contribution in [0.3, 0.4) is 0 Å². The minimum absolute atomic E-state index is 0.197. The summed E-state index contributed by atoms with van der Waals surface area (Å²) in [6.07, 6.45) is 4.48. The third kappa shape index (κ3) is 3.54. The van der Waals surface area contributed by atoms with Crippen molar-refractivity contribution in [3.05, 3.63) is 95.3 Å². The van der Waals surface area contributed by atoms with Gasteiger partial charge >= 0.3 is 0 Å². The summed E-state index contributed by atoms with van der Waals surface area (Å²) in [5.41, 5.74) is 4.85. The molecule has 4 rings (SSSR count). The molecule has 4 aromatic rings. The number of pyridine rings is 2. The van der Waals surface area contributed by atoms with Gasteiger partial charge < -0.3 is 10.4 Å². The molecule has 1 atom stereocenters. The zero-order valence-electron chi connectivity index (χ0n) is 16.1. The van der Waals surface area contributed by atoms with Gasteiger partial charge in [-0.25, -0.2) is 4.98 Å². The Morgan fingerprint density at radius 3 is 2.54 bits per heavy atom. The molecule has 2 aromatic carbocycles. The molecule has 0 fully saturated rings. The lowest BCUT2D eigenvalue weighted by Crippen LogP contribution is -2.14. The van der Waals surface area contributed by atoms with Gasteiger partial charge in [0.05, 0.1) is 6.04 Å². The molecular weight excluding hydrogens is 346 g/mol. The first kappa shape index (κ1) is 18.0. The number of hydrogen-bond donors (Lipinski definition) is 2. The Morgan fingerprint density at radius 2 is 1.79 bits per heavy atom. The smallest absolute Gasteiger partial charge is 0.147 e. The third-order valence-electron chi connectivity index (χ3n) is 5.02. The SMILES string of the molecule is CCc1ccc(C(Nc2cc(C)ccn2)c2ccc3cccnc3c2O)cc1. The summed E-state index contributed by atoms with van der Waals surface area (Å²) in [6.45, 7) is 4.18. The number of aromatic nitrogens is 2. The fourth-order valence-corrected chi connectivity index (χ4v) is 3.43. The minimum atomic E-state index is -0.244. The Hall–Kier alpha value is -3.40. The molecule has 2 N–H and O–H groups in total. The zero-order valence-corrected chi connectivity index (χ0v) is 16.1. The van der Waals surface area contributed by atoms with Crippen LogP contribution in [-0.2, 0) is 6.42 Å². The molecule has 2 heterocycles. The number of rotatable bonds is 5. The van der Waals surface area contributed by atoms with Crippen molar-refractivity contribution in [1.82, 2.24) is 9.97 Å². The number of hydrogen-bond acceptors (Lipinski definition) is 4. The molecule has 2 aromatic heterocycles. The molecule has 0 saturated heterocycles. The number of phenolic OH excluding ortho intramolecular Hbond substituents is 1. The highest BCUT2D eigenvalue weighted by atomic mass is 16.3. The number of anilines is 1. The predicted octanol–water partition coefficient (Wildman–Crippen LogP) is 5.41. The van der Waals surface area contributed by atoms with E-state index >= 15 is 0 Å². The minimum Gasteiger partial charge on any atom is -0.505 e. The van der Waals surface area contributed by atoms with E-state index in [2.05, 4.69) is 46.5 Å². The molecule has 0 bridgehead atoms. The molecule has 1 unspecified atom stereocenters. The molecule has 4 nitrogen and oxygen atoms in total. The fraction of sp³-hybridized carbons (Fsp3) is 0.167. The molecule has 0 saturated carbocycles. The standard InChI is InChI=1S/C24H23N3O/c1-3-17-6-8-19(9-7-17)22(27-21-15-16(2)12-14-25-21)20-11-10-18-5-4-13-26-23(18)24(20)28/h4-15,22,28H,3H2,1-2H3,(H,25,27). The van der Waals surface area contributed by atoms with Crippen LogP contribution in [0.4, 0.5) is 5.82 Å². The molecular formula is C24H23N3O. The first-order valence-corrected chi connectivity index (χ1v) is 9.50. The summed E-state index contributed by atoms with van der Waals surface area (Å²) in [4.78, 5) is 8.82. The van der Waals surface area contributed by atoms with E-state index in [1.54, 1.807) is 12.4 Å². The van der Waals surface area contributed by atoms with Gasteiger partial charge in [-0.15, -0.1) is 0 Å². The molecule has 0 aliphatic heterocycles. The number of fused-ring (bicyclic) bond motifs is 1. The normalized spacial score (nSPS) is 12.1. The summed E-state index contributed by atoms with van der Waals surface area (Å²) < 4.78 is 0. The lowest BCUT2D eigenvalue weighted by atomic mass is 9.95. The van der Waals surface area contributed by atoms with Crippen LogP contribution >= 0.6 is 0 Å². The van der Waals surface area contributed by atoms with Crippen molar-refractivity contribution in [2.75, 3.05) is 5.32 Å². The highest BCUT2D eigenvalue weighted by molar-refractivity contribution is 5.86. The maximum absolute atomic E-state index is 11.0. The first-order valence-electron chi connectivity index (χ1n) is 9.50. The summed E-state index contributed by atoms with van der Waals surface area (Å²) >= 11 is 0. The molecule has 4 heteroatoms. The van der Waals surface area contributed by atoms with Crippen LogP contribution in [0.25, 0.3) is 10.9 Å². The number of aryl methyl sites for hydroxylation is 2. The number of benzene rings is 2. The molecule has 28 heavy (non-hydrogen) atoms. The molecule has 0 spiro atoms. The molecule has 0 radical (unpaired) electrons. The van der Waals surface area contributed by atoms with E-state index < -0.39 is 0 Å². The number of nitrogens with zero attached hydrogens (tertiary/aromatic N) is 2. The van der Waals surface area contributed by atoms with Crippen molar-refractivity contribution >= 4 is 16.7 Å². The molecule has 0 aliphatic carbocycles. The van der Waals surface area contributed by atoms with Crippen molar-refractivity contribution in [3.8, 4) is 5.75 Å². The van der Waals surface area contributed by atoms with E-state index in [0.29, 0.717) is 5.52 Å². The Kier molecular flexibility index (Phi) is 4.94. The van der Waals surface area contributed by atoms with Gasteiger partial charge in [-0.2, -0.15) is 0 Å². The van der Waals surface area contributed by atoms with Gasteiger partial charge in [-0.05, 0) is 48.2 Å². The lowest BCUT2D eigenvalue weighted by Gasteiger charge is -2.22. The zero-order chi connectivity index (χ0) is 19.5. The predicted molar refractivity (Wildman–Crippen MR) is 114 cm³/mol. The van der Waals surface area contributed by atoms with Crippen molar-refractivity contribution in [2.24, 2.45) is 0 Å². The van der Waals surface area contributed by atoms with Crippen LogP contribution in [0, 0.1) is 6.92 Å². The van der Waals surface area contributed by atoms with Crippen LogP contribution in [0.1, 0.15) is 35.2 Å². The largest absolute Gasteiger partial charge is 0.505 e. The van der Waals surface area contributed by atoms with E-state index in [0.717, 1.165) is 34.3 Å². The van der Waals surface area contributed by atoms with Gasteiger partial charge in [-0.1, -0.05) is 49.4 Å². The summed E-state index contributed by atoms with van der Waals surface area (Å²) in [5.74, 6) is 0.966. The monoisotopic (exact) mass is 369 g/mol. The van der Waals surface area contributed by atoms with E-state index in [9.17, 15) is 5.11 Å². The molecule has 0 amide bonds. The second kappa shape index (κ2) is 7.69. The number of nitrogens with one attached hydrogen (secondary N) is 1. The summed E-state index contributed by atoms with van der Waals surface area (Å²) in [6, 6.07) is 20.0. The average Bonchev–Trinajstić information content (AvgIpc) is 2.73. The summed E-state index contributed by atoms with van der Waals surface area (Å²) in [7, 11) is 0. The second-order valence-electron chi connectivity index (χ2n) is 6.97. The Morgan fingerprint density at radius 1 is 0.964 bits per heavy atom. The lowest BCUT2D eigenvalue weighted by molar-refractivity contribution is 0.471. The maximum atomic E-state index is 11.0. The Bertz CT molecular complexity index is 1110. The molecule has 0 aliphatic rings. The van der Waals surface area contributed by atoms with Crippen molar-refractivity contribution in [1.29, 1.82) is 0 Å². The van der Waals surface area contributed by atoms with Gasteiger partial charge in [0.1, 0.15) is 17.1 Å². The van der Waals surface area contributed by atoms with Gasteiger partial charge in [-0.3, -0.25) is 4.98 Å². The maximum Gasteiger partial charge on any atom is 0.147 e. The van der Waals surface area contributed by atoms with Crippen molar-refractivity contribution in [2.45, 2.75) is 26.3 Å². The first-order chi connectivity index (χ1) is 13.7. The highest BCUT2D eigenvalue weighted by Gasteiger charge is 2.20. The Balaban J connectivity index is 1.83. The number of aromatic hydroxyl groups is 1. The van der Waals surface area contributed by atoms with Crippen LogP contribution in [0.15, 0.2) is 73.1 Å². The number of phenols is 1. The van der Waals surface area contributed by atoms with Crippen LogP contribution in [0.5, 0.6) is 5.75 Å². The quantitative estimate of drug-likeness (QED) is 0.494. The average molecular weight is 369 g/mol. The topological polar surface area (TPSA) is 58.0 Å². The fourth-order valence-electron chi connectivity index (χ4n) is 3.43. The van der Waals surface area contributed by atoms with Crippen molar-refractivity contribution in [3.63, 3.8) is 0 Å². The van der Waals surface area contributed by atoms with Gasteiger partial charge in [0, 0.05) is 23.3 Å². The van der Waals surface area contributed by atoms with Crippen LogP contribution < -0.4 is 5.32 Å². The van der Waals surface area contributed by atoms with Gasteiger partial charge in [0.15, 0.2) is 0 Å². The van der Waals surface area contributed by atoms with Crippen LogP contribution in [-0.4, -0.2) is 15.1 Å². The van der Waals surface area contributed by atoms with E-state index in [1.807, 2.05) is 43.3 Å². The summed E-state index contributed by atoms with van der Waals surface area (Å²) in [5, 5.41) is 15.4. The van der Waals surface area contributed by atoms with Gasteiger partial charge in [0.25, 0.3) is 0 Å². The second-order valence-corrected chi connectivity index (χ2v) is 6.97. The molecule has 140 valence electrons. The van der Waals surface area contributed by atoms with Crippen LogP contribution in [0.2, 0.25) is 0 Å². The van der Waals surface area contributed by atoms with E-state index in [1.165, 1.54) is 5.56 Å². The van der Waals surface area contributed by atoms with E-state index in [4.69, 9.17) is 0 Å². The van der Waals surface area contributed by atoms with Crippen molar-refractivity contribution < 1.29 is 5.11 Å². The highest BCUT2D eigenvalue weighted by Crippen LogP contribution is 2.36. The van der Waals surface area contributed by atoms with E-state index in [-0.39, 0.29) is 11.8 Å².